The largest absolute Gasteiger partial charge is 0.454 e. The molecule has 0 aliphatic carbocycles. The molecule has 1 aliphatic heterocycles. The van der Waals surface area contributed by atoms with Crippen LogP contribution in [0.5, 0.6) is 11.5 Å². The summed E-state index contributed by atoms with van der Waals surface area (Å²) in [5.41, 5.74) is 1.83. The van der Waals surface area contributed by atoms with E-state index in [1.54, 1.807) is 0 Å². The molecule has 0 radical (unpaired) electrons. The van der Waals surface area contributed by atoms with Crippen LogP contribution in [0.4, 0.5) is 5.13 Å². The van der Waals surface area contributed by atoms with Gasteiger partial charge in [0.2, 0.25) is 17.8 Å². The minimum absolute atomic E-state index is 0.116. The van der Waals surface area contributed by atoms with E-state index in [0.29, 0.717) is 22.3 Å². The number of nitrogens with one attached hydrogen (secondary N) is 1. The summed E-state index contributed by atoms with van der Waals surface area (Å²) < 4.78 is 10.7. The van der Waals surface area contributed by atoms with Crippen molar-refractivity contribution in [2.45, 2.75) is 6.42 Å². The molecule has 3 aromatic rings. The Bertz CT molecular complexity index is 880. The second-order valence-corrected chi connectivity index (χ2v) is 6.17. The molecule has 2 heterocycles. The van der Waals surface area contributed by atoms with E-state index >= 15 is 0 Å². The van der Waals surface area contributed by atoms with E-state index in [0.717, 1.165) is 16.9 Å². The Balaban J connectivity index is 1.46. The maximum atomic E-state index is 12.1. The molecule has 0 unspecified atom stereocenters. The molecular weight excluding hydrogens is 326 g/mol. The highest BCUT2D eigenvalue weighted by Crippen LogP contribution is 2.37. The lowest BCUT2D eigenvalue weighted by molar-refractivity contribution is -0.115. The number of nitrogens with zero attached hydrogens (tertiary/aromatic N) is 2. The van der Waals surface area contributed by atoms with Crippen molar-refractivity contribution in [1.29, 1.82) is 0 Å². The van der Waals surface area contributed by atoms with Crippen LogP contribution in [-0.2, 0) is 11.2 Å². The summed E-state index contributed by atoms with van der Waals surface area (Å²) >= 11 is 1.32. The van der Waals surface area contributed by atoms with Gasteiger partial charge < -0.3 is 14.8 Å². The van der Waals surface area contributed by atoms with Crippen LogP contribution >= 0.6 is 11.3 Å². The van der Waals surface area contributed by atoms with Gasteiger partial charge in [-0.15, -0.1) is 10.2 Å². The van der Waals surface area contributed by atoms with Gasteiger partial charge in [0.05, 0.1) is 6.42 Å². The number of fused-ring (bicyclic) bond motifs is 1. The van der Waals surface area contributed by atoms with Crippen LogP contribution in [0.3, 0.4) is 0 Å². The highest BCUT2D eigenvalue weighted by atomic mass is 32.1. The van der Waals surface area contributed by atoms with Crippen LogP contribution in [0.2, 0.25) is 0 Å². The van der Waals surface area contributed by atoms with Gasteiger partial charge in [0.15, 0.2) is 11.5 Å². The molecule has 0 atom stereocenters. The SMILES string of the molecule is O=C(Cc1ccccc1)Nc1nnc(-c2ccc3c(c2)OCO3)s1. The molecule has 4 rings (SSSR count). The lowest BCUT2D eigenvalue weighted by Gasteiger charge is -2.01. The van der Waals surface area contributed by atoms with Crippen LogP contribution in [0.15, 0.2) is 48.5 Å². The van der Waals surface area contributed by atoms with Crippen molar-refractivity contribution in [3.63, 3.8) is 0 Å². The van der Waals surface area contributed by atoms with Gasteiger partial charge in [0, 0.05) is 5.56 Å². The van der Waals surface area contributed by atoms with Crippen LogP contribution in [0.1, 0.15) is 5.56 Å². The van der Waals surface area contributed by atoms with Crippen LogP contribution in [0, 0.1) is 0 Å². The third-order valence-electron chi connectivity index (χ3n) is 3.50. The molecule has 1 amide bonds. The quantitative estimate of drug-likeness (QED) is 0.790. The molecular formula is C17H13N3O3S. The molecule has 1 aliphatic rings. The molecule has 6 nitrogen and oxygen atoms in total. The average Bonchev–Trinajstić information content (AvgIpc) is 3.24. The fourth-order valence-corrected chi connectivity index (χ4v) is 3.12. The molecule has 0 saturated heterocycles. The number of carbonyl (C=O) groups excluding carboxylic acids is 1. The first-order valence-corrected chi connectivity index (χ1v) is 8.17. The first-order valence-electron chi connectivity index (χ1n) is 7.35. The minimum Gasteiger partial charge on any atom is -0.454 e. The normalized spacial score (nSPS) is 12.2. The van der Waals surface area contributed by atoms with Gasteiger partial charge in [-0.05, 0) is 23.8 Å². The summed E-state index contributed by atoms with van der Waals surface area (Å²) in [6.07, 6.45) is 0.305. The number of ether oxygens (including phenoxy) is 2. The van der Waals surface area contributed by atoms with Gasteiger partial charge >= 0.3 is 0 Å². The number of amides is 1. The van der Waals surface area contributed by atoms with E-state index in [1.807, 2.05) is 48.5 Å². The van der Waals surface area contributed by atoms with E-state index in [1.165, 1.54) is 11.3 Å². The topological polar surface area (TPSA) is 73.3 Å². The van der Waals surface area contributed by atoms with Crippen molar-refractivity contribution >= 4 is 22.4 Å². The first kappa shape index (κ1) is 14.6. The van der Waals surface area contributed by atoms with Gasteiger partial charge in [-0.3, -0.25) is 4.79 Å². The predicted molar refractivity (Wildman–Crippen MR) is 90.2 cm³/mol. The lowest BCUT2D eigenvalue weighted by atomic mass is 10.1. The van der Waals surface area contributed by atoms with Crippen LogP contribution < -0.4 is 14.8 Å². The van der Waals surface area contributed by atoms with E-state index in [-0.39, 0.29) is 12.7 Å². The van der Waals surface area contributed by atoms with E-state index in [9.17, 15) is 4.79 Å². The summed E-state index contributed by atoms with van der Waals surface area (Å²) in [7, 11) is 0. The summed E-state index contributed by atoms with van der Waals surface area (Å²) in [4.78, 5) is 12.1. The molecule has 0 saturated carbocycles. The number of anilines is 1. The molecule has 0 spiro atoms. The highest BCUT2D eigenvalue weighted by Gasteiger charge is 2.16. The fourth-order valence-electron chi connectivity index (χ4n) is 2.36. The van der Waals surface area contributed by atoms with Gasteiger partial charge in [-0.25, -0.2) is 0 Å². The molecule has 1 N–H and O–H groups in total. The van der Waals surface area contributed by atoms with Crippen molar-refractivity contribution in [1.82, 2.24) is 10.2 Å². The smallest absolute Gasteiger partial charge is 0.231 e. The standard InChI is InChI=1S/C17H13N3O3S/c21-15(8-11-4-2-1-3-5-11)18-17-20-19-16(24-17)12-6-7-13-14(9-12)23-10-22-13/h1-7,9H,8,10H2,(H,18,20,21). The Kier molecular flexibility index (Phi) is 3.84. The zero-order valence-corrected chi connectivity index (χ0v) is 13.4. The maximum absolute atomic E-state index is 12.1. The van der Waals surface area contributed by atoms with Crippen molar-refractivity contribution in [2.24, 2.45) is 0 Å². The Morgan fingerprint density at radius 1 is 1.08 bits per heavy atom. The fraction of sp³-hybridized carbons (Fsp3) is 0.118. The van der Waals surface area contributed by atoms with Crippen molar-refractivity contribution < 1.29 is 14.3 Å². The first-order chi connectivity index (χ1) is 11.8. The summed E-state index contributed by atoms with van der Waals surface area (Å²) in [5.74, 6) is 1.30. The number of hydrogen-bond acceptors (Lipinski definition) is 6. The zero-order chi connectivity index (χ0) is 16.4. The van der Waals surface area contributed by atoms with Crippen molar-refractivity contribution in [3.8, 4) is 22.1 Å². The second-order valence-electron chi connectivity index (χ2n) is 5.19. The van der Waals surface area contributed by atoms with Crippen molar-refractivity contribution in [3.05, 3.63) is 54.1 Å². The van der Waals surface area contributed by atoms with Crippen LogP contribution in [-0.4, -0.2) is 22.9 Å². The number of rotatable bonds is 4. The number of carbonyl (C=O) groups is 1. The van der Waals surface area contributed by atoms with Gasteiger partial charge in [-0.2, -0.15) is 0 Å². The highest BCUT2D eigenvalue weighted by molar-refractivity contribution is 7.18. The predicted octanol–water partition coefficient (Wildman–Crippen LogP) is 3.12. The Labute approximate surface area is 142 Å². The maximum Gasteiger partial charge on any atom is 0.231 e. The number of benzene rings is 2. The molecule has 0 fully saturated rings. The van der Waals surface area contributed by atoms with Crippen molar-refractivity contribution in [2.75, 3.05) is 12.1 Å². The van der Waals surface area contributed by atoms with E-state index in [2.05, 4.69) is 15.5 Å². The Morgan fingerprint density at radius 3 is 2.79 bits per heavy atom. The van der Waals surface area contributed by atoms with Gasteiger partial charge in [-0.1, -0.05) is 41.7 Å². The summed E-state index contributed by atoms with van der Waals surface area (Å²) in [5, 5.41) is 12.1. The molecule has 24 heavy (non-hydrogen) atoms. The third-order valence-corrected chi connectivity index (χ3v) is 4.39. The summed E-state index contributed by atoms with van der Waals surface area (Å²) in [6.45, 7) is 0.232. The minimum atomic E-state index is -0.116. The monoisotopic (exact) mass is 339 g/mol. The zero-order valence-electron chi connectivity index (χ0n) is 12.6. The molecule has 120 valence electrons. The average molecular weight is 339 g/mol. The molecule has 1 aromatic heterocycles. The molecule has 2 aromatic carbocycles. The van der Waals surface area contributed by atoms with Crippen LogP contribution in [0.25, 0.3) is 10.6 Å². The van der Waals surface area contributed by atoms with E-state index in [4.69, 9.17) is 9.47 Å². The lowest BCUT2D eigenvalue weighted by Crippen LogP contribution is -2.14. The van der Waals surface area contributed by atoms with Gasteiger partial charge in [0.1, 0.15) is 5.01 Å². The summed E-state index contributed by atoms with van der Waals surface area (Å²) in [6, 6.07) is 15.2. The number of hydrogen-bond donors (Lipinski definition) is 1. The third kappa shape index (κ3) is 3.07. The molecule has 7 heteroatoms. The Morgan fingerprint density at radius 2 is 1.92 bits per heavy atom. The second kappa shape index (κ2) is 6.29. The number of aromatic nitrogens is 2. The molecule has 0 bridgehead atoms. The van der Waals surface area contributed by atoms with Gasteiger partial charge in [0.25, 0.3) is 0 Å². The Hall–Kier alpha value is -2.93. The van der Waals surface area contributed by atoms with E-state index < -0.39 is 0 Å².